The van der Waals surface area contributed by atoms with E-state index in [4.69, 9.17) is 9.16 Å². The highest BCUT2D eigenvalue weighted by Crippen LogP contribution is 2.44. The van der Waals surface area contributed by atoms with Crippen LogP contribution in [0.25, 0.3) is 0 Å². The maximum Gasteiger partial charge on any atom is 0.192 e. The molecule has 3 heteroatoms. The summed E-state index contributed by atoms with van der Waals surface area (Å²) in [6.45, 7) is 11.6. The molecule has 1 saturated carbocycles. The molecule has 1 aliphatic heterocycles. The lowest BCUT2D eigenvalue weighted by molar-refractivity contribution is 0.136. The second-order valence-corrected chi connectivity index (χ2v) is 10.9. The third kappa shape index (κ3) is 1.90. The molecule has 1 unspecified atom stereocenters. The Morgan fingerprint density at radius 3 is 2.07 bits per heavy atom. The molecule has 0 bridgehead atoms. The highest BCUT2D eigenvalue weighted by Gasteiger charge is 2.50. The fourth-order valence-corrected chi connectivity index (χ4v) is 3.28. The van der Waals surface area contributed by atoms with E-state index in [0.717, 1.165) is 12.8 Å². The molecule has 0 spiro atoms. The van der Waals surface area contributed by atoms with Gasteiger partial charge in [-0.05, 0) is 18.1 Å². The van der Waals surface area contributed by atoms with Crippen molar-refractivity contribution >= 4 is 8.32 Å². The molecule has 14 heavy (non-hydrogen) atoms. The summed E-state index contributed by atoms with van der Waals surface area (Å²) >= 11 is 0. The zero-order chi connectivity index (χ0) is 10.6. The number of fused-ring (bicyclic) bond motifs is 1. The van der Waals surface area contributed by atoms with Gasteiger partial charge in [-0.1, -0.05) is 20.8 Å². The predicted molar refractivity (Wildman–Crippen MR) is 60.0 cm³/mol. The molecule has 0 aromatic carbocycles. The van der Waals surface area contributed by atoms with E-state index >= 15 is 0 Å². The van der Waals surface area contributed by atoms with Crippen LogP contribution in [0.5, 0.6) is 0 Å². The van der Waals surface area contributed by atoms with Gasteiger partial charge in [-0.3, -0.25) is 0 Å². The molecule has 2 fully saturated rings. The fourth-order valence-electron chi connectivity index (χ4n) is 1.90. The van der Waals surface area contributed by atoms with Crippen LogP contribution in [0.3, 0.4) is 0 Å². The Morgan fingerprint density at radius 1 is 1.14 bits per heavy atom. The van der Waals surface area contributed by atoms with Crippen LogP contribution in [-0.2, 0) is 9.16 Å². The first-order valence-electron chi connectivity index (χ1n) is 5.63. The van der Waals surface area contributed by atoms with Crippen LogP contribution in [-0.4, -0.2) is 26.6 Å². The summed E-state index contributed by atoms with van der Waals surface area (Å²) < 4.78 is 11.7. The molecule has 1 aliphatic carbocycles. The molecule has 2 nitrogen and oxygen atoms in total. The number of hydrogen-bond donors (Lipinski definition) is 0. The normalized spacial score (nSPS) is 37.1. The quantitative estimate of drug-likeness (QED) is 0.521. The first-order chi connectivity index (χ1) is 6.29. The topological polar surface area (TPSA) is 21.8 Å². The van der Waals surface area contributed by atoms with Crippen molar-refractivity contribution in [3.05, 3.63) is 0 Å². The van der Waals surface area contributed by atoms with Gasteiger partial charge in [0, 0.05) is 12.8 Å². The van der Waals surface area contributed by atoms with Crippen molar-refractivity contribution in [1.82, 2.24) is 0 Å². The average molecular weight is 214 g/mol. The van der Waals surface area contributed by atoms with E-state index < -0.39 is 8.32 Å². The lowest BCUT2D eigenvalue weighted by Gasteiger charge is -2.38. The molecule has 0 amide bonds. The smallest absolute Gasteiger partial charge is 0.192 e. The van der Waals surface area contributed by atoms with Gasteiger partial charge in [0.05, 0.1) is 18.3 Å². The molecule has 3 atom stereocenters. The minimum Gasteiger partial charge on any atom is -0.414 e. The van der Waals surface area contributed by atoms with Crippen molar-refractivity contribution in [2.24, 2.45) is 0 Å². The average Bonchev–Trinajstić information content (AvgIpc) is 2.56. The summed E-state index contributed by atoms with van der Waals surface area (Å²) in [5.74, 6) is 0. The molecule has 0 aromatic heterocycles. The number of rotatable bonds is 2. The van der Waals surface area contributed by atoms with E-state index in [9.17, 15) is 0 Å². The monoisotopic (exact) mass is 214 g/mol. The summed E-state index contributed by atoms with van der Waals surface area (Å²) in [5.41, 5.74) is 0. The molecule has 1 heterocycles. The van der Waals surface area contributed by atoms with E-state index in [-0.39, 0.29) is 0 Å². The summed E-state index contributed by atoms with van der Waals surface area (Å²) in [7, 11) is -1.53. The minimum atomic E-state index is -1.53. The highest BCUT2D eigenvalue weighted by atomic mass is 28.4. The molecule has 0 aromatic rings. The van der Waals surface area contributed by atoms with Gasteiger partial charge in [0.25, 0.3) is 0 Å². The van der Waals surface area contributed by atoms with E-state index in [0.29, 0.717) is 23.4 Å². The Bertz CT molecular complexity index is 222. The minimum absolute atomic E-state index is 0.334. The second kappa shape index (κ2) is 3.06. The summed E-state index contributed by atoms with van der Waals surface area (Å²) in [6, 6.07) is 0. The fraction of sp³-hybridized carbons (Fsp3) is 1.00. The number of hydrogen-bond acceptors (Lipinski definition) is 2. The molecular weight excluding hydrogens is 192 g/mol. The van der Waals surface area contributed by atoms with Crippen LogP contribution >= 0.6 is 0 Å². The molecule has 0 radical (unpaired) electrons. The summed E-state index contributed by atoms with van der Waals surface area (Å²) in [5, 5.41) is 0.334. The SMILES string of the molecule is CC(C)(C)[Si](C)(C)O[C@@H]1CC2O[C@@H]2C1. The third-order valence-electron chi connectivity index (χ3n) is 3.95. The van der Waals surface area contributed by atoms with Crippen molar-refractivity contribution in [2.45, 2.75) is 70.1 Å². The molecule has 2 aliphatic rings. The van der Waals surface area contributed by atoms with Crippen LogP contribution < -0.4 is 0 Å². The van der Waals surface area contributed by atoms with E-state index in [2.05, 4.69) is 33.9 Å². The van der Waals surface area contributed by atoms with Crippen molar-refractivity contribution in [3.8, 4) is 0 Å². The van der Waals surface area contributed by atoms with Crippen LogP contribution in [0.4, 0.5) is 0 Å². The molecule has 2 rings (SSSR count). The van der Waals surface area contributed by atoms with Gasteiger partial charge in [-0.2, -0.15) is 0 Å². The van der Waals surface area contributed by atoms with Gasteiger partial charge in [0.1, 0.15) is 0 Å². The van der Waals surface area contributed by atoms with Crippen LogP contribution in [0.15, 0.2) is 0 Å². The van der Waals surface area contributed by atoms with Gasteiger partial charge < -0.3 is 9.16 Å². The maximum absolute atomic E-state index is 6.32. The Kier molecular flexibility index (Phi) is 2.33. The molecule has 1 saturated heterocycles. The highest BCUT2D eigenvalue weighted by molar-refractivity contribution is 6.74. The Labute approximate surface area is 88.1 Å². The lowest BCUT2D eigenvalue weighted by Crippen LogP contribution is -2.43. The van der Waals surface area contributed by atoms with Crippen molar-refractivity contribution < 1.29 is 9.16 Å². The van der Waals surface area contributed by atoms with Crippen molar-refractivity contribution in [3.63, 3.8) is 0 Å². The maximum atomic E-state index is 6.32. The number of epoxide rings is 1. The summed E-state index contributed by atoms with van der Waals surface area (Å²) in [4.78, 5) is 0. The standard InChI is InChI=1S/C11H22O2Si/c1-11(2,3)14(4,5)13-8-6-9-10(7-8)12-9/h8-10H,6-7H2,1-5H3/t8-,9+,10?/m0/s1. The van der Waals surface area contributed by atoms with Gasteiger partial charge >= 0.3 is 0 Å². The zero-order valence-corrected chi connectivity index (χ0v) is 11.0. The Hall–Kier alpha value is 0.137. The van der Waals surface area contributed by atoms with Crippen molar-refractivity contribution in [2.75, 3.05) is 0 Å². The largest absolute Gasteiger partial charge is 0.414 e. The molecule has 0 N–H and O–H groups in total. The summed E-state index contributed by atoms with van der Waals surface area (Å²) in [6.07, 6.45) is 3.85. The first-order valence-corrected chi connectivity index (χ1v) is 8.54. The van der Waals surface area contributed by atoms with E-state index in [1.807, 2.05) is 0 Å². The van der Waals surface area contributed by atoms with Gasteiger partial charge in [0.15, 0.2) is 8.32 Å². The lowest BCUT2D eigenvalue weighted by atomic mass is 10.2. The number of ether oxygens (including phenoxy) is 1. The van der Waals surface area contributed by atoms with Gasteiger partial charge in [0.2, 0.25) is 0 Å². The zero-order valence-electron chi connectivity index (χ0n) is 9.96. The van der Waals surface area contributed by atoms with Crippen LogP contribution in [0, 0.1) is 0 Å². The molecular formula is C11H22O2Si. The Balaban J connectivity index is 1.90. The first kappa shape index (κ1) is 10.6. The van der Waals surface area contributed by atoms with Crippen LogP contribution in [0.1, 0.15) is 33.6 Å². The predicted octanol–water partition coefficient (Wildman–Crippen LogP) is 2.94. The van der Waals surface area contributed by atoms with E-state index in [1.165, 1.54) is 0 Å². The van der Waals surface area contributed by atoms with Crippen molar-refractivity contribution in [1.29, 1.82) is 0 Å². The van der Waals surface area contributed by atoms with Gasteiger partial charge in [-0.25, -0.2) is 0 Å². The van der Waals surface area contributed by atoms with Crippen LogP contribution in [0.2, 0.25) is 18.1 Å². The second-order valence-electron chi connectivity index (χ2n) is 6.18. The third-order valence-corrected chi connectivity index (χ3v) is 8.48. The molecule has 82 valence electrons. The Morgan fingerprint density at radius 2 is 1.64 bits per heavy atom. The van der Waals surface area contributed by atoms with Gasteiger partial charge in [-0.15, -0.1) is 0 Å². The van der Waals surface area contributed by atoms with E-state index in [1.54, 1.807) is 0 Å².